The maximum absolute atomic E-state index is 10.8. The first kappa shape index (κ1) is 10.1. The monoisotopic (exact) mass is 197 g/mol. The summed E-state index contributed by atoms with van der Waals surface area (Å²) in [6, 6.07) is 5.18. The van der Waals surface area contributed by atoms with Crippen LogP contribution in [-0.2, 0) is 6.42 Å². The molecule has 3 heteroatoms. The van der Waals surface area contributed by atoms with Crippen molar-refractivity contribution in [3.05, 3.63) is 34.3 Å². The van der Waals surface area contributed by atoms with E-state index < -0.39 is 5.91 Å². The smallest absolute Gasteiger partial charge is 0.248 e. The fourth-order valence-electron chi connectivity index (χ4n) is 1.17. The average Bonchev–Trinajstić information content (AvgIpc) is 2.08. The lowest BCUT2D eigenvalue weighted by atomic mass is 10.1. The topological polar surface area (TPSA) is 43.1 Å². The van der Waals surface area contributed by atoms with Gasteiger partial charge in [0.25, 0.3) is 0 Å². The van der Waals surface area contributed by atoms with E-state index in [1.165, 1.54) is 0 Å². The highest BCUT2D eigenvalue weighted by Crippen LogP contribution is 2.18. The fraction of sp³-hybridized carbons (Fsp3) is 0.300. The first-order chi connectivity index (χ1) is 6.15. The number of rotatable bonds is 3. The van der Waals surface area contributed by atoms with Crippen LogP contribution in [0.1, 0.15) is 29.3 Å². The van der Waals surface area contributed by atoms with Gasteiger partial charge in [-0.2, -0.15) is 0 Å². The summed E-state index contributed by atoms with van der Waals surface area (Å²) >= 11 is 5.94. The zero-order chi connectivity index (χ0) is 9.84. The molecule has 1 amide bonds. The van der Waals surface area contributed by atoms with Crippen molar-refractivity contribution < 1.29 is 4.79 Å². The summed E-state index contributed by atoms with van der Waals surface area (Å²) in [6.45, 7) is 2.08. The molecule has 70 valence electrons. The highest BCUT2D eigenvalue weighted by atomic mass is 35.5. The van der Waals surface area contributed by atoms with Gasteiger partial charge in [0.15, 0.2) is 0 Å². The Labute approximate surface area is 82.7 Å². The summed E-state index contributed by atoms with van der Waals surface area (Å²) in [5.41, 5.74) is 6.64. The van der Waals surface area contributed by atoms with Crippen molar-refractivity contribution in [1.29, 1.82) is 0 Å². The predicted octanol–water partition coefficient (Wildman–Crippen LogP) is 2.39. The van der Waals surface area contributed by atoms with E-state index >= 15 is 0 Å². The Morgan fingerprint density at radius 3 is 2.69 bits per heavy atom. The summed E-state index contributed by atoms with van der Waals surface area (Å²) in [6.07, 6.45) is 1.97. The molecular formula is C10H12ClNO. The second-order valence-electron chi connectivity index (χ2n) is 2.92. The van der Waals surface area contributed by atoms with Gasteiger partial charge in [0.05, 0.1) is 0 Å². The van der Waals surface area contributed by atoms with Gasteiger partial charge < -0.3 is 5.73 Å². The molecular weight excluding hydrogens is 186 g/mol. The molecule has 0 heterocycles. The lowest BCUT2D eigenvalue weighted by molar-refractivity contribution is 0.100. The lowest BCUT2D eigenvalue weighted by Gasteiger charge is -2.03. The van der Waals surface area contributed by atoms with Crippen molar-refractivity contribution in [2.45, 2.75) is 19.8 Å². The summed E-state index contributed by atoms with van der Waals surface area (Å²) in [5.74, 6) is -0.440. The van der Waals surface area contributed by atoms with E-state index in [-0.39, 0.29) is 0 Å². The molecule has 0 radical (unpaired) electrons. The molecule has 2 N–H and O–H groups in total. The molecule has 0 aliphatic rings. The van der Waals surface area contributed by atoms with E-state index in [4.69, 9.17) is 17.3 Å². The number of hydrogen-bond donors (Lipinski definition) is 1. The minimum Gasteiger partial charge on any atom is -0.366 e. The van der Waals surface area contributed by atoms with Crippen LogP contribution in [0.5, 0.6) is 0 Å². The van der Waals surface area contributed by atoms with Crippen LogP contribution in [0.3, 0.4) is 0 Å². The number of halogens is 1. The molecule has 0 aliphatic heterocycles. The van der Waals surface area contributed by atoms with E-state index in [9.17, 15) is 4.79 Å². The minimum atomic E-state index is -0.440. The predicted molar refractivity (Wildman–Crippen MR) is 54.0 cm³/mol. The molecule has 0 saturated heterocycles. The molecule has 1 rings (SSSR count). The minimum absolute atomic E-state index is 0.440. The fourth-order valence-corrected chi connectivity index (χ4v) is 1.45. The number of carbonyl (C=O) groups is 1. The Morgan fingerprint density at radius 2 is 2.23 bits per heavy atom. The Kier molecular flexibility index (Phi) is 3.32. The third-order valence-corrected chi connectivity index (χ3v) is 2.21. The van der Waals surface area contributed by atoms with Gasteiger partial charge in [-0.3, -0.25) is 4.79 Å². The van der Waals surface area contributed by atoms with Crippen LogP contribution in [0.25, 0.3) is 0 Å². The third kappa shape index (κ3) is 2.46. The summed E-state index contributed by atoms with van der Waals surface area (Å²) in [5, 5.41) is 0.623. The van der Waals surface area contributed by atoms with E-state index in [1.807, 2.05) is 6.07 Å². The van der Waals surface area contributed by atoms with Crippen LogP contribution >= 0.6 is 11.6 Å². The van der Waals surface area contributed by atoms with Crippen LogP contribution in [0, 0.1) is 0 Å². The SMILES string of the molecule is CCCc1ccc(C(N)=O)cc1Cl. The van der Waals surface area contributed by atoms with Gasteiger partial charge in [-0.1, -0.05) is 31.0 Å². The Hall–Kier alpha value is -1.02. The average molecular weight is 198 g/mol. The Balaban J connectivity index is 2.98. The van der Waals surface area contributed by atoms with E-state index in [0.717, 1.165) is 18.4 Å². The Morgan fingerprint density at radius 1 is 1.54 bits per heavy atom. The zero-order valence-electron chi connectivity index (χ0n) is 7.51. The van der Waals surface area contributed by atoms with Gasteiger partial charge in [0.2, 0.25) is 5.91 Å². The first-order valence-corrected chi connectivity index (χ1v) is 4.61. The molecule has 0 saturated carbocycles. The van der Waals surface area contributed by atoms with Crippen molar-refractivity contribution >= 4 is 17.5 Å². The molecule has 0 aromatic heterocycles. The number of nitrogens with two attached hydrogens (primary N) is 1. The van der Waals surface area contributed by atoms with Crippen molar-refractivity contribution in [2.75, 3.05) is 0 Å². The number of aryl methyl sites for hydroxylation is 1. The second-order valence-corrected chi connectivity index (χ2v) is 3.33. The second kappa shape index (κ2) is 4.28. The highest BCUT2D eigenvalue weighted by molar-refractivity contribution is 6.31. The van der Waals surface area contributed by atoms with Crippen LogP contribution in [0.4, 0.5) is 0 Å². The molecule has 13 heavy (non-hydrogen) atoms. The Bertz CT molecular complexity index is 323. The van der Waals surface area contributed by atoms with E-state index in [1.54, 1.807) is 12.1 Å². The van der Waals surface area contributed by atoms with Crippen molar-refractivity contribution in [3.63, 3.8) is 0 Å². The molecule has 0 aliphatic carbocycles. The lowest BCUT2D eigenvalue weighted by Crippen LogP contribution is -2.10. The zero-order valence-corrected chi connectivity index (χ0v) is 8.27. The number of amides is 1. The normalized spacial score (nSPS) is 10.0. The van der Waals surface area contributed by atoms with Crippen LogP contribution in [0.15, 0.2) is 18.2 Å². The quantitative estimate of drug-likeness (QED) is 0.795. The van der Waals surface area contributed by atoms with E-state index in [2.05, 4.69) is 6.92 Å². The highest BCUT2D eigenvalue weighted by Gasteiger charge is 2.04. The summed E-state index contributed by atoms with van der Waals surface area (Å²) in [7, 11) is 0. The van der Waals surface area contributed by atoms with Gasteiger partial charge in [-0.25, -0.2) is 0 Å². The molecule has 1 aromatic rings. The standard InChI is InChI=1S/C10H12ClNO/c1-2-3-7-4-5-8(10(12)13)6-9(7)11/h4-6H,2-3H2,1H3,(H2,12,13). The molecule has 2 nitrogen and oxygen atoms in total. The molecule has 0 bridgehead atoms. The van der Waals surface area contributed by atoms with Gasteiger partial charge in [-0.05, 0) is 24.1 Å². The summed E-state index contributed by atoms with van der Waals surface area (Å²) in [4.78, 5) is 10.8. The molecule has 0 atom stereocenters. The third-order valence-electron chi connectivity index (χ3n) is 1.86. The van der Waals surface area contributed by atoms with Gasteiger partial charge >= 0.3 is 0 Å². The van der Waals surface area contributed by atoms with E-state index in [0.29, 0.717) is 10.6 Å². The number of benzene rings is 1. The van der Waals surface area contributed by atoms with Gasteiger partial charge in [0.1, 0.15) is 0 Å². The first-order valence-electron chi connectivity index (χ1n) is 4.23. The van der Waals surface area contributed by atoms with Crippen molar-refractivity contribution in [3.8, 4) is 0 Å². The van der Waals surface area contributed by atoms with Crippen LogP contribution < -0.4 is 5.73 Å². The van der Waals surface area contributed by atoms with Crippen molar-refractivity contribution in [1.82, 2.24) is 0 Å². The molecule has 0 fully saturated rings. The maximum Gasteiger partial charge on any atom is 0.248 e. The van der Waals surface area contributed by atoms with Crippen LogP contribution in [0.2, 0.25) is 5.02 Å². The maximum atomic E-state index is 10.8. The van der Waals surface area contributed by atoms with Gasteiger partial charge in [-0.15, -0.1) is 0 Å². The molecule has 0 spiro atoms. The number of carbonyl (C=O) groups excluding carboxylic acids is 1. The largest absolute Gasteiger partial charge is 0.366 e. The molecule has 1 aromatic carbocycles. The van der Waals surface area contributed by atoms with Crippen LogP contribution in [-0.4, -0.2) is 5.91 Å². The molecule has 0 unspecified atom stereocenters. The number of primary amides is 1. The van der Waals surface area contributed by atoms with Crippen molar-refractivity contribution in [2.24, 2.45) is 5.73 Å². The van der Waals surface area contributed by atoms with Gasteiger partial charge in [0, 0.05) is 10.6 Å². The summed E-state index contributed by atoms with van der Waals surface area (Å²) < 4.78 is 0. The number of hydrogen-bond acceptors (Lipinski definition) is 1.